The Hall–Kier alpha value is -2.22. The zero-order chi connectivity index (χ0) is 25.1. The number of hydrogen-bond acceptors (Lipinski definition) is 7. The van der Waals surface area contributed by atoms with Gasteiger partial charge in [0.05, 0.1) is 28.0 Å². The summed E-state index contributed by atoms with van der Waals surface area (Å²) in [6.45, 7) is 3.53. The van der Waals surface area contributed by atoms with Gasteiger partial charge >= 0.3 is 0 Å². The number of carbonyl (C=O) groups excluding carboxylic acids is 1. The van der Waals surface area contributed by atoms with Crippen LogP contribution in [0.25, 0.3) is 0 Å². The molecule has 13 heteroatoms. The van der Waals surface area contributed by atoms with Crippen LogP contribution in [0.3, 0.4) is 0 Å². The Morgan fingerprint density at radius 3 is 2.15 bits per heavy atom. The van der Waals surface area contributed by atoms with Crippen LogP contribution in [-0.2, 0) is 24.8 Å². The van der Waals surface area contributed by atoms with Crippen LogP contribution in [0.1, 0.15) is 6.92 Å². The topological polar surface area (TPSA) is 125 Å². The van der Waals surface area contributed by atoms with Crippen LogP contribution < -0.4 is 14.8 Å². The van der Waals surface area contributed by atoms with E-state index in [2.05, 4.69) is 14.9 Å². The third-order valence-corrected chi connectivity index (χ3v) is 9.13. The minimum absolute atomic E-state index is 0.114. The molecule has 1 saturated heterocycles. The number of nitrogens with zero attached hydrogens (tertiary/aromatic N) is 2. The Balaban J connectivity index is 1.64. The van der Waals surface area contributed by atoms with Crippen LogP contribution in [0.15, 0.2) is 52.3 Å². The summed E-state index contributed by atoms with van der Waals surface area (Å²) in [6, 6.07) is 8.61. The molecule has 0 bridgehead atoms. The Labute approximate surface area is 204 Å². The quantitative estimate of drug-likeness (QED) is 0.531. The lowest BCUT2D eigenvalue weighted by Gasteiger charge is -2.31. The van der Waals surface area contributed by atoms with Crippen molar-refractivity contribution in [1.29, 1.82) is 0 Å². The minimum Gasteiger partial charge on any atom is -0.495 e. The summed E-state index contributed by atoms with van der Waals surface area (Å²) in [5.74, 6) is -0.289. The zero-order valence-corrected chi connectivity index (χ0v) is 21.4. The largest absolute Gasteiger partial charge is 0.495 e. The van der Waals surface area contributed by atoms with Gasteiger partial charge < -0.3 is 15.0 Å². The maximum absolute atomic E-state index is 12.8. The fourth-order valence-corrected chi connectivity index (χ4v) is 6.28. The number of likely N-dealkylation sites (N-methyl/N-ethyl adjacent to an activating group) is 1. The van der Waals surface area contributed by atoms with E-state index in [1.807, 2.05) is 7.05 Å². The molecule has 1 heterocycles. The Bertz CT molecular complexity index is 1240. The molecule has 2 aromatic carbocycles. The average Bonchev–Trinajstić information content (AvgIpc) is 2.79. The molecular formula is C21H27ClN4O6S2. The molecule has 0 spiro atoms. The molecule has 34 heavy (non-hydrogen) atoms. The second-order valence-corrected chi connectivity index (χ2v) is 11.9. The monoisotopic (exact) mass is 530 g/mol. The van der Waals surface area contributed by atoms with Crippen molar-refractivity contribution in [3.63, 3.8) is 0 Å². The molecule has 0 aromatic heterocycles. The van der Waals surface area contributed by atoms with Crippen molar-refractivity contribution in [2.75, 3.05) is 45.7 Å². The molecule has 1 fully saturated rings. The van der Waals surface area contributed by atoms with Crippen molar-refractivity contribution in [1.82, 2.24) is 13.9 Å². The van der Waals surface area contributed by atoms with Crippen LogP contribution in [0.4, 0.5) is 5.69 Å². The molecule has 0 unspecified atom stereocenters. The molecule has 1 atom stereocenters. The number of benzene rings is 2. The number of halogens is 1. The van der Waals surface area contributed by atoms with Gasteiger partial charge in [-0.25, -0.2) is 16.8 Å². The molecule has 186 valence electrons. The standard InChI is InChI=1S/C21H27ClN4O6S2/c1-15(24-33(28,29)18-8-9-20(32-3)19(22)14-18)21(27)23-16-4-6-17(7-5-16)34(30,31)26-12-10-25(2)11-13-26/h4-9,14-15,24H,10-13H2,1-3H3,(H,23,27)/t15-/m1/s1. The van der Waals surface area contributed by atoms with E-state index < -0.39 is 32.0 Å². The predicted molar refractivity (Wildman–Crippen MR) is 129 cm³/mol. The molecule has 1 amide bonds. The molecule has 3 rings (SSSR count). The highest BCUT2D eigenvalue weighted by molar-refractivity contribution is 7.89. The van der Waals surface area contributed by atoms with Crippen LogP contribution in [-0.4, -0.2) is 78.3 Å². The average molecular weight is 531 g/mol. The highest BCUT2D eigenvalue weighted by Crippen LogP contribution is 2.27. The summed E-state index contributed by atoms with van der Waals surface area (Å²) in [4.78, 5) is 14.6. The summed E-state index contributed by atoms with van der Waals surface area (Å²) in [5, 5.41) is 2.70. The van der Waals surface area contributed by atoms with Crippen LogP contribution in [0, 0.1) is 0 Å². The fourth-order valence-electron chi connectivity index (χ4n) is 3.31. The van der Waals surface area contributed by atoms with Gasteiger partial charge in [-0.3, -0.25) is 4.79 Å². The molecule has 0 radical (unpaired) electrons. The van der Waals surface area contributed by atoms with Gasteiger partial charge in [0, 0.05) is 31.9 Å². The smallest absolute Gasteiger partial charge is 0.243 e. The van der Waals surface area contributed by atoms with Crippen LogP contribution in [0.5, 0.6) is 5.75 Å². The van der Waals surface area contributed by atoms with Crippen LogP contribution >= 0.6 is 11.6 Å². The van der Waals surface area contributed by atoms with Crippen molar-refractivity contribution < 1.29 is 26.4 Å². The minimum atomic E-state index is -4.03. The van der Waals surface area contributed by atoms with E-state index in [4.69, 9.17) is 16.3 Å². The number of piperazine rings is 1. The molecule has 2 aromatic rings. The molecule has 1 aliphatic heterocycles. The highest BCUT2D eigenvalue weighted by Gasteiger charge is 2.28. The zero-order valence-electron chi connectivity index (χ0n) is 19.0. The maximum atomic E-state index is 12.8. The summed E-state index contributed by atoms with van der Waals surface area (Å²) in [5.41, 5.74) is 0.334. The van der Waals surface area contributed by atoms with Gasteiger partial charge in [0.2, 0.25) is 26.0 Å². The van der Waals surface area contributed by atoms with Crippen molar-refractivity contribution in [3.05, 3.63) is 47.5 Å². The Morgan fingerprint density at radius 2 is 1.59 bits per heavy atom. The lowest BCUT2D eigenvalue weighted by molar-refractivity contribution is -0.117. The normalized spacial score (nSPS) is 16.7. The third kappa shape index (κ3) is 6.06. The van der Waals surface area contributed by atoms with Crippen molar-refractivity contribution in [2.45, 2.75) is 22.8 Å². The molecule has 2 N–H and O–H groups in total. The first kappa shape index (κ1) is 26.4. The van der Waals surface area contributed by atoms with Gasteiger partial charge in [-0.05, 0) is 56.4 Å². The lowest BCUT2D eigenvalue weighted by Crippen LogP contribution is -2.47. The number of rotatable bonds is 8. The number of ether oxygens (including phenoxy) is 1. The van der Waals surface area contributed by atoms with Gasteiger partial charge in [0.1, 0.15) is 5.75 Å². The number of methoxy groups -OCH3 is 1. The van der Waals surface area contributed by atoms with E-state index in [1.165, 1.54) is 60.8 Å². The van der Waals surface area contributed by atoms with E-state index in [9.17, 15) is 21.6 Å². The van der Waals surface area contributed by atoms with E-state index >= 15 is 0 Å². The van der Waals surface area contributed by atoms with E-state index in [1.54, 1.807) is 0 Å². The van der Waals surface area contributed by atoms with Crippen molar-refractivity contribution in [3.8, 4) is 5.75 Å². The van der Waals surface area contributed by atoms with E-state index in [-0.39, 0.29) is 14.8 Å². The van der Waals surface area contributed by atoms with Crippen molar-refractivity contribution >= 4 is 43.2 Å². The van der Waals surface area contributed by atoms with Crippen LogP contribution in [0.2, 0.25) is 5.02 Å². The SMILES string of the molecule is COc1ccc(S(=O)(=O)N[C@H](C)C(=O)Nc2ccc(S(=O)(=O)N3CCN(C)CC3)cc2)cc1Cl. The first-order valence-corrected chi connectivity index (χ1v) is 13.7. The summed E-state index contributed by atoms with van der Waals surface area (Å²) in [6.07, 6.45) is 0. The summed E-state index contributed by atoms with van der Waals surface area (Å²) < 4.78 is 59.6. The maximum Gasteiger partial charge on any atom is 0.243 e. The number of carbonyl (C=O) groups is 1. The second-order valence-electron chi connectivity index (χ2n) is 7.86. The number of sulfonamides is 2. The Kier molecular flexibility index (Phi) is 8.22. The van der Waals surface area contributed by atoms with Gasteiger partial charge in [0.25, 0.3) is 0 Å². The molecule has 0 aliphatic carbocycles. The second kappa shape index (κ2) is 10.6. The lowest BCUT2D eigenvalue weighted by atomic mass is 10.3. The third-order valence-electron chi connectivity index (χ3n) is 5.38. The van der Waals surface area contributed by atoms with E-state index in [0.717, 1.165) is 0 Å². The fraction of sp³-hybridized carbons (Fsp3) is 0.381. The predicted octanol–water partition coefficient (Wildman–Crippen LogP) is 1.59. The molecular weight excluding hydrogens is 504 g/mol. The molecule has 0 saturated carbocycles. The first-order valence-electron chi connectivity index (χ1n) is 10.4. The van der Waals surface area contributed by atoms with E-state index in [0.29, 0.717) is 37.6 Å². The summed E-state index contributed by atoms with van der Waals surface area (Å²) >= 11 is 6.00. The molecule has 1 aliphatic rings. The highest BCUT2D eigenvalue weighted by atomic mass is 35.5. The number of hydrogen-bond donors (Lipinski definition) is 2. The first-order chi connectivity index (χ1) is 15.9. The summed E-state index contributed by atoms with van der Waals surface area (Å²) in [7, 11) is -4.30. The van der Waals surface area contributed by atoms with Gasteiger partial charge in [-0.1, -0.05) is 11.6 Å². The van der Waals surface area contributed by atoms with Gasteiger partial charge in [-0.2, -0.15) is 9.03 Å². The van der Waals surface area contributed by atoms with Gasteiger partial charge in [-0.15, -0.1) is 0 Å². The molecule has 10 nitrogen and oxygen atoms in total. The number of amides is 1. The van der Waals surface area contributed by atoms with Gasteiger partial charge in [0.15, 0.2) is 0 Å². The number of nitrogens with one attached hydrogen (secondary N) is 2. The van der Waals surface area contributed by atoms with Crippen molar-refractivity contribution in [2.24, 2.45) is 0 Å². The Morgan fingerprint density at radius 1 is 1.00 bits per heavy atom. The number of anilines is 1.